The topological polar surface area (TPSA) is 71.1 Å². The maximum Gasteiger partial charge on any atom is 0.325 e. The summed E-state index contributed by atoms with van der Waals surface area (Å²) >= 11 is 5.91. The minimum absolute atomic E-state index is 0.0326. The van der Waals surface area contributed by atoms with Gasteiger partial charge in [-0.25, -0.2) is 4.79 Å². The van der Waals surface area contributed by atoms with Gasteiger partial charge in [-0.15, -0.1) is 0 Å². The Morgan fingerprint density at radius 3 is 2.59 bits per heavy atom. The first-order chi connectivity index (χ1) is 13.0. The molecule has 1 heterocycles. The first-order valence-corrected chi connectivity index (χ1v) is 8.73. The molecular weight excluding hydrogens is 370 g/mol. The van der Waals surface area contributed by atoms with E-state index in [1.54, 1.807) is 61.6 Å². The molecule has 142 valence electrons. The molecule has 2 aromatic carbocycles. The predicted octanol–water partition coefficient (Wildman–Crippen LogP) is 3.24. The van der Waals surface area contributed by atoms with Crippen LogP contribution in [0.2, 0.25) is 5.02 Å². The van der Waals surface area contributed by atoms with Crippen LogP contribution in [0.5, 0.6) is 11.5 Å². The monoisotopic (exact) mass is 389 g/mol. The molecule has 3 rings (SSSR count). The molecule has 0 bridgehead atoms. The average Bonchev–Trinajstić information content (AvgIpc) is 3.01. The minimum atomic E-state index is -0.278. The van der Waals surface area contributed by atoms with Crippen molar-refractivity contribution in [2.45, 2.75) is 0 Å². The lowest BCUT2D eigenvalue weighted by atomic mass is 10.2. The van der Waals surface area contributed by atoms with Crippen LogP contribution in [-0.4, -0.2) is 50.7 Å². The van der Waals surface area contributed by atoms with Gasteiger partial charge in [-0.2, -0.15) is 0 Å². The molecule has 7 nitrogen and oxygen atoms in total. The van der Waals surface area contributed by atoms with Gasteiger partial charge in [0.1, 0.15) is 6.54 Å². The normalized spacial score (nSPS) is 13.7. The summed E-state index contributed by atoms with van der Waals surface area (Å²) in [6.07, 6.45) is 0. The molecule has 1 N–H and O–H groups in total. The first kappa shape index (κ1) is 18.8. The Hall–Kier alpha value is -2.93. The number of halogens is 1. The van der Waals surface area contributed by atoms with Crippen LogP contribution in [0.4, 0.5) is 16.2 Å². The van der Waals surface area contributed by atoms with Crippen LogP contribution < -0.4 is 19.7 Å². The van der Waals surface area contributed by atoms with Crippen LogP contribution in [0.15, 0.2) is 42.5 Å². The Kier molecular flexibility index (Phi) is 5.71. The molecule has 27 heavy (non-hydrogen) atoms. The zero-order valence-electron chi connectivity index (χ0n) is 15.1. The highest BCUT2D eigenvalue weighted by Gasteiger charge is 2.31. The van der Waals surface area contributed by atoms with E-state index in [0.717, 1.165) is 0 Å². The van der Waals surface area contributed by atoms with Gasteiger partial charge < -0.3 is 19.7 Å². The summed E-state index contributed by atoms with van der Waals surface area (Å²) in [5, 5.41) is 3.28. The van der Waals surface area contributed by atoms with Gasteiger partial charge in [-0.3, -0.25) is 9.69 Å². The smallest absolute Gasteiger partial charge is 0.325 e. The highest BCUT2D eigenvalue weighted by molar-refractivity contribution is 6.30. The fraction of sp³-hybridized carbons (Fsp3) is 0.263. The summed E-state index contributed by atoms with van der Waals surface area (Å²) in [5.41, 5.74) is 1.28. The number of ether oxygens (including phenoxy) is 2. The maximum atomic E-state index is 12.7. The van der Waals surface area contributed by atoms with Gasteiger partial charge in [0.2, 0.25) is 5.91 Å². The molecule has 0 aliphatic carbocycles. The summed E-state index contributed by atoms with van der Waals surface area (Å²) in [6, 6.07) is 11.9. The number of nitrogens with one attached hydrogen (secondary N) is 1. The summed E-state index contributed by atoms with van der Waals surface area (Å²) in [6.45, 7) is 0.907. The number of amides is 3. The third-order valence-corrected chi connectivity index (χ3v) is 4.45. The molecule has 8 heteroatoms. The molecule has 0 radical (unpaired) electrons. The van der Waals surface area contributed by atoms with E-state index in [1.807, 2.05) is 0 Å². The SMILES string of the molecule is COc1ccc(N2CCN(CC(=O)Nc3cccc(Cl)c3)C2=O)cc1OC. The molecule has 2 aromatic rings. The van der Waals surface area contributed by atoms with Crippen LogP contribution in [0.3, 0.4) is 0 Å². The second-order valence-corrected chi connectivity index (χ2v) is 6.39. The Morgan fingerprint density at radius 1 is 1.11 bits per heavy atom. The lowest BCUT2D eigenvalue weighted by Gasteiger charge is -2.19. The Balaban J connectivity index is 1.65. The number of hydrogen-bond acceptors (Lipinski definition) is 4. The van der Waals surface area contributed by atoms with Gasteiger partial charge in [0, 0.05) is 35.6 Å². The van der Waals surface area contributed by atoms with Crippen molar-refractivity contribution in [2.24, 2.45) is 0 Å². The first-order valence-electron chi connectivity index (χ1n) is 8.35. The van der Waals surface area contributed by atoms with Crippen LogP contribution >= 0.6 is 11.6 Å². The van der Waals surface area contributed by atoms with Crippen LogP contribution in [-0.2, 0) is 4.79 Å². The highest BCUT2D eigenvalue weighted by Crippen LogP contribution is 2.32. The average molecular weight is 390 g/mol. The number of hydrogen-bond donors (Lipinski definition) is 1. The summed E-state index contributed by atoms with van der Waals surface area (Å²) in [5.74, 6) is 0.852. The van der Waals surface area contributed by atoms with Crippen molar-refractivity contribution in [2.75, 3.05) is 44.1 Å². The summed E-state index contributed by atoms with van der Waals surface area (Å²) in [7, 11) is 3.10. The number of rotatable bonds is 6. The summed E-state index contributed by atoms with van der Waals surface area (Å²) < 4.78 is 10.5. The molecule has 0 unspecified atom stereocenters. The van der Waals surface area contributed by atoms with E-state index in [1.165, 1.54) is 4.90 Å². The van der Waals surface area contributed by atoms with E-state index in [4.69, 9.17) is 21.1 Å². The molecule has 0 atom stereocenters. The van der Waals surface area contributed by atoms with E-state index in [9.17, 15) is 9.59 Å². The van der Waals surface area contributed by atoms with E-state index in [-0.39, 0.29) is 18.5 Å². The Labute approximate surface area is 162 Å². The molecule has 1 fully saturated rings. The molecule has 3 amide bonds. The third kappa shape index (κ3) is 4.25. The molecule has 1 saturated heterocycles. The fourth-order valence-electron chi connectivity index (χ4n) is 2.90. The maximum absolute atomic E-state index is 12.7. The van der Waals surface area contributed by atoms with Crippen molar-refractivity contribution in [1.82, 2.24) is 4.90 Å². The third-order valence-electron chi connectivity index (χ3n) is 4.22. The highest BCUT2D eigenvalue weighted by atomic mass is 35.5. The largest absolute Gasteiger partial charge is 0.493 e. The van der Waals surface area contributed by atoms with Crippen molar-refractivity contribution in [3.05, 3.63) is 47.5 Å². The molecular formula is C19H20ClN3O4. The van der Waals surface area contributed by atoms with E-state index in [2.05, 4.69) is 5.32 Å². The van der Waals surface area contributed by atoms with Crippen LogP contribution in [0.1, 0.15) is 0 Å². The zero-order chi connectivity index (χ0) is 19.4. The molecule has 0 aromatic heterocycles. The van der Waals surface area contributed by atoms with Gasteiger partial charge >= 0.3 is 6.03 Å². The minimum Gasteiger partial charge on any atom is -0.493 e. The molecule has 0 saturated carbocycles. The number of nitrogens with zero attached hydrogens (tertiary/aromatic N) is 2. The number of methoxy groups -OCH3 is 2. The van der Waals surface area contributed by atoms with Gasteiger partial charge in [0.15, 0.2) is 11.5 Å². The lowest BCUT2D eigenvalue weighted by Crippen LogP contribution is -2.37. The van der Waals surface area contributed by atoms with Gasteiger partial charge in [-0.1, -0.05) is 17.7 Å². The van der Waals surface area contributed by atoms with E-state index >= 15 is 0 Å². The van der Waals surface area contributed by atoms with Gasteiger partial charge in [0.05, 0.1) is 14.2 Å². The zero-order valence-corrected chi connectivity index (χ0v) is 15.8. The summed E-state index contributed by atoms with van der Waals surface area (Å²) in [4.78, 5) is 28.0. The number of carbonyl (C=O) groups excluding carboxylic acids is 2. The van der Waals surface area contributed by atoms with Gasteiger partial charge in [-0.05, 0) is 30.3 Å². The second kappa shape index (κ2) is 8.18. The number of anilines is 2. The van der Waals surface area contributed by atoms with Crippen molar-refractivity contribution in [3.63, 3.8) is 0 Å². The molecule has 1 aliphatic heterocycles. The van der Waals surface area contributed by atoms with E-state index < -0.39 is 0 Å². The lowest BCUT2D eigenvalue weighted by molar-refractivity contribution is -0.116. The van der Waals surface area contributed by atoms with Crippen molar-refractivity contribution in [3.8, 4) is 11.5 Å². The fourth-order valence-corrected chi connectivity index (χ4v) is 3.09. The Bertz CT molecular complexity index is 859. The van der Waals surface area contributed by atoms with Crippen molar-refractivity contribution in [1.29, 1.82) is 0 Å². The molecule has 1 aliphatic rings. The second-order valence-electron chi connectivity index (χ2n) is 5.95. The number of benzene rings is 2. The quantitative estimate of drug-likeness (QED) is 0.823. The van der Waals surface area contributed by atoms with Crippen molar-refractivity contribution < 1.29 is 19.1 Å². The van der Waals surface area contributed by atoms with Crippen LogP contribution in [0.25, 0.3) is 0 Å². The number of carbonyl (C=O) groups is 2. The van der Waals surface area contributed by atoms with Crippen LogP contribution in [0, 0.1) is 0 Å². The van der Waals surface area contributed by atoms with Gasteiger partial charge in [0.25, 0.3) is 0 Å². The molecule has 0 spiro atoms. The predicted molar refractivity (Wildman–Crippen MR) is 104 cm³/mol. The standard InChI is InChI=1S/C19H20ClN3O4/c1-26-16-7-6-15(11-17(16)27-2)23-9-8-22(19(23)25)12-18(24)21-14-5-3-4-13(20)10-14/h3-7,10-11H,8-9,12H2,1-2H3,(H,21,24). The number of urea groups is 1. The van der Waals surface area contributed by atoms with Crippen molar-refractivity contribution >= 4 is 34.9 Å². The Morgan fingerprint density at radius 2 is 1.89 bits per heavy atom. The van der Waals surface area contributed by atoms with E-state index in [0.29, 0.717) is 41.0 Å².